The highest BCUT2D eigenvalue weighted by Crippen LogP contribution is 2.11. The van der Waals surface area contributed by atoms with Gasteiger partial charge in [0.2, 0.25) is 17.7 Å². The van der Waals surface area contributed by atoms with Crippen LogP contribution in [0.4, 0.5) is 0 Å². The van der Waals surface area contributed by atoms with Gasteiger partial charge in [0.25, 0.3) is 0 Å². The number of carboxylic acids is 1. The van der Waals surface area contributed by atoms with Crippen molar-refractivity contribution in [3.63, 3.8) is 0 Å². The molecule has 0 saturated heterocycles. The number of rotatable bonds is 12. The van der Waals surface area contributed by atoms with E-state index in [-0.39, 0.29) is 24.8 Å². The Bertz CT molecular complexity index is 552. The Hall–Kier alpha value is -2.20. The second-order valence-electron chi connectivity index (χ2n) is 7.39. The maximum absolute atomic E-state index is 12.7. The van der Waals surface area contributed by atoms with Gasteiger partial charge in [0, 0.05) is 0 Å². The largest absolute Gasteiger partial charge is 0.480 e. The van der Waals surface area contributed by atoms with Gasteiger partial charge in [0.05, 0.1) is 12.6 Å². The van der Waals surface area contributed by atoms with E-state index in [1.165, 1.54) is 6.92 Å². The van der Waals surface area contributed by atoms with E-state index in [4.69, 9.17) is 10.8 Å². The van der Waals surface area contributed by atoms with Gasteiger partial charge in [-0.2, -0.15) is 0 Å². The average molecular weight is 402 g/mol. The lowest BCUT2D eigenvalue weighted by Gasteiger charge is -2.28. The third-order valence-electron chi connectivity index (χ3n) is 4.38. The number of nitrogens with two attached hydrogens (primary N) is 1. The zero-order valence-corrected chi connectivity index (χ0v) is 17.2. The number of hydrogen-bond donors (Lipinski definition) is 6. The summed E-state index contributed by atoms with van der Waals surface area (Å²) in [6, 6.07) is -3.40. The normalized spacial score (nSPS) is 16.4. The summed E-state index contributed by atoms with van der Waals surface area (Å²) in [5.74, 6) is -3.34. The molecular formula is C18H34N4O6. The van der Waals surface area contributed by atoms with E-state index in [0.717, 1.165) is 0 Å². The minimum absolute atomic E-state index is 0.0200. The van der Waals surface area contributed by atoms with Crippen molar-refractivity contribution in [3.8, 4) is 0 Å². The van der Waals surface area contributed by atoms with E-state index >= 15 is 0 Å². The highest BCUT2D eigenvalue weighted by molar-refractivity contribution is 5.93. The lowest BCUT2D eigenvalue weighted by molar-refractivity contribution is -0.145. The maximum atomic E-state index is 12.7. The highest BCUT2D eigenvalue weighted by atomic mass is 16.4. The molecule has 0 aliphatic carbocycles. The summed E-state index contributed by atoms with van der Waals surface area (Å²) in [5.41, 5.74) is 5.30. The Morgan fingerprint density at radius 1 is 0.929 bits per heavy atom. The van der Waals surface area contributed by atoms with Crippen LogP contribution in [0.15, 0.2) is 0 Å². The van der Waals surface area contributed by atoms with Gasteiger partial charge in [-0.05, 0) is 25.2 Å². The second-order valence-corrected chi connectivity index (χ2v) is 7.39. The number of carboxylic acid groups (broad SMARTS) is 1. The topological polar surface area (TPSA) is 171 Å². The van der Waals surface area contributed by atoms with Gasteiger partial charge in [-0.1, -0.05) is 34.1 Å². The summed E-state index contributed by atoms with van der Waals surface area (Å²) < 4.78 is 0. The van der Waals surface area contributed by atoms with E-state index < -0.39 is 47.9 Å². The second kappa shape index (κ2) is 12.3. The molecule has 7 N–H and O–H groups in total. The summed E-state index contributed by atoms with van der Waals surface area (Å²) >= 11 is 0. The first-order valence-electron chi connectivity index (χ1n) is 9.45. The smallest absolute Gasteiger partial charge is 0.328 e. The van der Waals surface area contributed by atoms with Crippen LogP contribution in [-0.2, 0) is 19.2 Å². The fourth-order valence-corrected chi connectivity index (χ4v) is 2.54. The van der Waals surface area contributed by atoms with E-state index in [9.17, 15) is 24.3 Å². The van der Waals surface area contributed by atoms with Crippen molar-refractivity contribution in [3.05, 3.63) is 0 Å². The van der Waals surface area contributed by atoms with Crippen LogP contribution in [-0.4, -0.2) is 64.7 Å². The zero-order valence-electron chi connectivity index (χ0n) is 17.2. The molecule has 0 aromatic rings. The van der Waals surface area contributed by atoms with Crippen molar-refractivity contribution in [1.82, 2.24) is 16.0 Å². The molecule has 162 valence electrons. The maximum Gasteiger partial charge on any atom is 0.328 e. The number of amides is 3. The number of carbonyl (C=O) groups is 4. The molecule has 0 radical (unpaired) electrons. The monoisotopic (exact) mass is 402 g/mol. The molecule has 0 rings (SSSR count). The molecule has 0 aliphatic heterocycles. The number of hydrogen-bond acceptors (Lipinski definition) is 6. The van der Waals surface area contributed by atoms with E-state index in [2.05, 4.69) is 16.0 Å². The van der Waals surface area contributed by atoms with Crippen molar-refractivity contribution in [2.75, 3.05) is 6.54 Å². The lowest BCUT2D eigenvalue weighted by Crippen LogP contribution is -2.59. The number of aliphatic carboxylic acids is 1. The Morgan fingerprint density at radius 3 is 1.89 bits per heavy atom. The molecule has 5 unspecified atom stereocenters. The molecule has 0 saturated carbocycles. The molecule has 5 atom stereocenters. The standard InChI is InChI=1S/C18H34N4O6/c1-6-10(4)14(21-13(24)8-19)17(26)20-12(7-9(2)3)16(25)22-15(11(5)23)18(27)28/h9-12,14-15,23H,6-8,19H2,1-5H3,(H,20,26)(H,21,24)(H,22,25)(H,27,28). The molecular weight excluding hydrogens is 368 g/mol. The molecule has 3 amide bonds. The van der Waals surface area contributed by atoms with Crippen LogP contribution in [0.1, 0.15) is 47.5 Å². The zero-order chi connectivity index (χ0) is 22.0. The quantitative estimate of drug-likeness (QED) is 0.242. The van der Waals surface area contributed by atoms with Gasteiger partial charge in [-0.15, -0.1) is 0 Å². The molecule has 0 bridgehead atoms. The molecule has 0 spiro atoms. The Morgan fingerprint density at radius 2 is 1.50 bits per heavy atom. The Balaban J connectivity index is 5.42. The fourth-order valence-electron chi connectivity index (χ4n) is 2.54. The predicted molar refractivity (Wildman–Crippen MR) is 103 cm³/mol. The van der Waals surface area contributed by atoms with E-state index in [1.54, 1.807) is 6.92 Å². The molecule has 28 heavy (non-hydrogen) atoms. The molecule has 10 heteroatoms. The van der Waals surface area contributed by atoms with Gasteiger partial charge in [-0.25, -0.2) is 4.79 Å². The van der Waals surface area contributed by atoms with E-state index in [1.807, 2.05) is 20.8 Å². The molecule has 0 fully saturated rings. The number of aliphatic hydroxyl groups excluding tert-OH is 1. The van der Waals surface area contributed by atoms with Crippen molar-refractivity contribution < 1.29 is 29.4 Å². The molecule has 0 heterocycles. The van der Waals surface area contributed by atoms with Crippen LogP contribution in [0.25, 0.3) is 0 Å². The van der Waals surface area contributed by atoms with Crippen LogP contribution >= 0.6 is 0 Å². The fraction of sp³-hybridized carbons (Fsp3) is 0.778. The lowest BCUT2D eigenvalue weighted by atomic mass is 9.96. The predicted octanol–water partition coefficient (Wildman–Crippen LogP) is -1.04. The summed E-state index contributed by atoms with van der Waals surface area (Å²) in [5, 5.41) is 26.1. The first kappa shape index (κ1) is 25.8. The Kier molecular flexibility index (Phi) is 11.3. The van der Waals surface area contributed by atoms with Crippen molar-refractivity contribution in [1.29, 1.82) is 0 Å². The van der Waals surface area contributed by atoms with Gasteiger partial charge in [-0.3, -0.25) is 14.4 Å². The van der Waals surface area contributed by atoms with Gasteiger partial charge >= 0.3 is 5.97 Å². The first-order chi connectivity index (χ1) is 12.9. The minimum atomic E-state index is -1.50. The first-order valence-corrected chi connectivity index (χ1v) is 9.45. The minimum Gasteiger partial charge on any atom is -0.480 e. The van der Waals surface area contributed by atoms with Crippen molar-refractivity contribution in [2.45, 2.75) is 71.7 Å². The van der Waals surface area contributed by atoms with Gasteiger partial charge < -0.3 is 31.9 Å². The van der Waals surface area contributed by atoms with Crippen molar-refractivity contribution >= 4 is 23.7 Å². The van der Waals surface area contributed by atoms with Crippen LogP contribution in [0, 0.1) is 11.8 Å². The molecule has 0 aromatic heterocycles. The molecule has 0 aliphatic rings. The van der Waals surface area contributed by atoms with Crippen molar-refractivity contribution in [2.24, 2.45) is 17.6 Å². The van der Waals surface area contributed by atoms with Gasteiger partial charge in [0.1, 0.15) is 12.1 Å². The molecule has 0 aromatic carbocycles. The van der Waals surface area contributed by atoms with Crippen LogP contribution in [0.2, 0.25) is 0 Å². The summed E-state index contributed by atoms with van der Waals surface area (Å²) in [4.78, 5) is 48.2. The Labute approximate surface area is 165 Å². The highest BCUT2D eigenvalue weighted by Gasteiger charge is 2.32. The van der Waals surface area contributed by atoms with E-state index in [0.29, 0.717) is 6.42 Å². The number of nitrogens with one attached hydrogen (secondary N) is 3. The van der Waals surface area contributed by atoms with Gasteiger partial charge in [0.15, 0.2) is 6.04 Å². The molecule has 10 nitrogen and oxygen atoms in total. The third kappa shape index (κ3) is 8.66. The van der Waals surface area contributed by atoms with Crippen LogP contribution < -0.4 is 21.7 Å². The summed E-state index contributed by atoms with van der Waals surface area (Å²) in [6.45, 7) is 8.31. The van der Waals surface area contributed by atoms with Crippen LogP contribution in [0.3, 0.4) is 0 Å². The summed E-state index contributed by atoms with van der Waals surface area (Å²) in [6.07, 6.45) is -0.455. The SMILES string of the molecule is CCC(C)C(NC(=O)CN)C(=O)NC(CC(C)C)C(=O)NC(C(=O)O)C(C)O. The summed E-state index contributed by atoms with van der Waals surface area (Å²) in [7, 11) is 0. The number of carbonyl (C=O) groups excluding carboxylic acids is 3. The third-order valence-corrected chi connectivity index (χ3v) is 4.38. The van der Waals surface area contributed by atoms with Crippen LogP contribution in [0.5, 0.6) is 0 Å². The number of aliphatic hydroxyl groups is 1. The average Bonchev–Trinajstić information content (AvgIpc) is 2.61.